The van der Waals surface area contributed by atoms with E-state index in [0.29, 0.717) is 28.8 Å². The number of ether oxygens (including phenoxy) is 1. The first-order chi connectivity index (χ1) is 14.3. The van der Waals surface area contributed by atoms with Gasteiger partial charge in [0.05, 0.1) is 4.90 Å². The number of aryl methyl sites for hydroxylation is 2. The number of nitrogens with zero attached hydrogens (tertiary/aromatic N) is 2. The van der Waals surface area contributed by atoms with E-state index < -0.39 is 10.0 Å². The van der Waals surface area contributed by atoms with Gasteiger partial charge in [0.15, 0.2) is 0 Å². The van der Waals surface area contributed by atoms with Gasteiger partial charge < -0.3 is 15.4 Å². The number of hydrogen-bond donors (Lipinski definition) is 3. The highest BCUT2D eigenvalue weighted by Crippen LogP contribution is 2.25. The van der Waals surface area contributed by atoms with Gasteiger partial charge in [-0.1, -0.05) is 12.0 Å². The zero-order valence-electron chi connectivity index (χ0n) is 16.5. The predicted octanol–water partition coefficient (Wildman–Crippen LogP) is 3.24. The molecule has 0 amide bonds. The number of hydrogen-bond acceptors (Lipinski definition) is 7. The van der Waals surface area contributed by atoms with E-state index in [4.69, 9.17) is 16.3 Å². The average Bonchev–Trinajstić information content (AvgIpc) is 2.70. The van der Waals surface area contributed by atoms with Crippen LogP contribution in [-0.4, -0.2) is 25.0 Å². The fraction of sp³-hybridized carbons (Fsp3) is 0.143. The van der Waals surface area contributed by atoms with Crippen LogP contribution < -0.4 is 20.5 Å². The maximum atomic E-state index is 11.8. The second kappa shape index (κ2) is 8.82. The van der Waals surface area contributed by atoms with Crippen LogP contribution in [0.15, 0.2) is 53.6 Å². The molecule has 3 aromatic rings. The Morgan fingerprint density at radius 1 is 1.07 bits per heavy atom. The maximum absolute atomic E-state index is 11.8. The molecule has 154 valence electrons. The first-order valence-corrected chi connectivity index (χ1v) is 10.5. The van der Waals surface area contributed by atoms with Gasteiger partial charge in [0.25, 0.3) is 0 Å². The lowest BCUT2D eigenvalue weighted by molar-refractivity contribution is 0.370. The van der Waals surface area contributed by atoms with Crippen LogP contribution in [0.25, 0.3) is 0 Å². The summed E-state index contributed by atoms with van der Waals surface area (Å²) in [5.74, 6) is 3.98. The van der Waals surface area contributed by atoms with Crippen LogP contribution in [0, 0.1) is 26.2 Å². The molecular weight excluding hydrogens is 402 g/mol. The summed E-state index contributed by atoms with van der Waals surface area (Å²) in [6, 6.07) is 12.1. The normalized spacial score (nSPS) is 10.9. The van der Waals surface area contributed by atoms with Gasteiger partial charge in [-0.2, -0.15) is 4.98 Å². The Labute approximate surface area is 175 Å². The molecule has 9 heteroatoms. The lowest BCUT2D eigenvalue weighted by atomic mass is 10.2. The summed E-state index contributed by atoms with van der Waals surface area (Å²) in [7, 11) is -3.82. The van der Waals surface area contributed by atoms with E-state index in [9.17, 15) is 8.42 Å². The first-order valence-electron chi connectivity index (χ1n) is 8.94. The molecule has 0 aliphatic heterocycles. The Kier molecular flexibility index (Phi) is 6.20. The molecule has 0 radical (unpaired) electrons. The van der Waals surface area contributed by atoms with Gasteiger partial charge in [-0.05, 0) is 55.8 Å². The van der Waals surface area contributed by atoms with Gasteiger partial charge in [0, 0.05) is 23.1 Å². The van der Waals surface area contributed by atoms with Crippen molar-refractivity contribution in [3.63, 3.8) is 0 Å². The average molecular weight is 423 g/mol. The monoisotopic (exact) mass is 423 g/mol. The molecule has 8 nitrogen and oxygen atoms in total. The predicted molar refractivity (Wildman–Crippen MR) is 117 cm³/mol. The SMILES string of the molecule is C#CCOc1ccc(Nc2ncc(C)c(Nc3ccc(C)c(S(N)(=O)=O)c3)n2)cc1. The summed E-state index contributed by atoms with van der Waals surface area (Å²) < 4.78 is 28.9. The molecule has 30 heavy (non-hydrogen) atoms. The number of nitrogens with one attached hydrogen (secondary N) is 2. The van der Waals surface area contributed by atoms with Crippen molar-refractivity contribution in [3.8, 4) is 18.1 Å². The van der Waals surface area contributed by atoms with Crippen LogP contribution in [-0.2, 0) is 10.0 Å². The molecule has 0 fully saturated rings. The summed E-state index contributed by atoms with van der Waals surface area (Å²) in [5.41, 5.74) is 2.67. The fourth-order valence-corrected chi connectivity index (χ4v) is 3.45. The molecule has 0 unspecified atom stereocenters. The molecule has 0 spiro atoms. The molecule has 1 aromatic heterocycles. The summed E-state index contributed by atoms with van der Waals surface area (Å²) in [6.07, 6.45) is 6.84. The van der Waals surface area contributed by atoms with Crippen molar-refractivity contribution in [2.75, 3.05) is 17.2 Å². The standard InChI is InChI=1S/C21H21N5O3S/c1-4-11-29-18-9-7-16(8-10-18)25-21-23-13-15(3)20(26-21)24-17-6-5-14(2)19(12-17)30(22,27)28/h1,5-10,12-13H,11H2,2-3H3,(H2,22,27,28)(H2,23,24,25,26). The zero-order chi connectivity index (χ0) is 21.7. The van der Waals surface area contributed by atoms with Gasteiger partial charge in [0.1, 0.15) is 18.2 Å². The Bertz CT molecular complexity index is 1200. The Hall–Kier alpha value is -3.61. The second-order valence-corrected chi connectivity index (χ2v) is 8.05. The number of nitrogens with two attached hydrogens (primary N) is 1. The highest BCUT2D eigenvalue weighted by Gasteiger charge is 2.13. The van der Waals surface area contributed by atoms with Gasteiger partial charge >= 0.3 is 0 Å². The highest BCUT2D eigenvalue weighted by atomic mass is 32.2. The highest BCUT2D eigenvalue weighted by molar-refractivity contribution is 7.89. The molecular formula is C21H21N5O3S. The van der Waals surface area contributed by atoms with Crippen LogP contribution in [0.3, 0.4) is 0 Å². The van der Waals surface area contributed by atoms with Gasteiger partial charge in [-0.25, -0.2) is 18.5 Å². The molecule has 0 saturated heterocycles. The van der Waals surface area contributed by atoms with E-state index in [0.717, 1.165) is 11.3 Å². The third kappa shape index (κ3) is 5.26. The molecule has 0 aliphatic rings. The molecule has 0 bridgehead atoms. The largest absolute Gasteiger partial charge is 0.481 e. The van der Waals surface area contributed by atoms with Crippen LogP contribution >= 0.6 is 0 Å². The van der Waals surface area contributed by atoms with Crippen molar-refractivity contribution in [1.82, 2.24) is 9.97 Å². The van der Waals surface area contributed by atoms with E-state index in [1.807, 2.05) is 19.1 Å². The summed E-state index contributed by atoms with van der Waals surface area (Å²) in [5, 5.41) is 11.5. The number of aromatic nitrogens is 2. The summed E-state index contributed by atoms with van der Waals surface area (Å²) in [4.78, 5) is 8.82. The van der Waals surface area contributed by atoms with Crippen molar-refractivity contribution >= 4 is 33.2 Å². The van der Waals surface area contributed by atoms with E-state index >= 15 is 0 Å². The van der Waals surface area contributed by atoms with E-state index in [1.165, 1.54) is 6.07 Å². The Morgan fingerprint density at radius 2 is 1.77 bits per heavy atom. The minimum atomic E-state index is -3.82. The lowest BCUT2D eigenvalue weighted by Crippen LogP contribution is -2.14. The smallest absolute Gasteiger partial charge is 0.238 e. The quantitative estimate of drug-likeness (QED) is 0.499. The summed E-state index contributed by atoms with van der Waals surface area (Å²) in [6.45, 7) is 3.73. The van der Waals surface area contributed by atoms with Gasteiger partial charge in [0.2, 0.25) is 16.0 Å². The number of rotatable bonds is 7. The number of primary sulfonamides is 1. The van der Waals surface area contributed by atoms with Gasteiger partial charge in [-0.3, -0.25) is 0 Å². The molecule has 0 atom stereocenters. The molecule has 1 heterocycles. The fourth-order valence-electron chi connectivity index (χ4n) is 2.64. The van der Waals surface area contributed by atoms with Crippen molar-refractivity contribution in [2.45, 2.75) is 18.7 Å². The van der Waals surface area contributed by atoms with E-state index in [2.05, 4.69) is 26.5 Å². The number of sulfonamides is 1. The Balaban J connectivity index is 1.80. The molecule has 3 rings (SSSR count). The number of benzene rings is 2. The third-order valence-electron chi connectivity index (χ3n) is 4.16. The number of anilines is 4. The minimum Gasteiger partial charge on any atom is -0.481 e. The van der Waals surface area contributed by atoms with Crippen molar-refractivity contribution in [3.05, 3.63) is 59.8 Å². The minimum absolute atomic E-state index is 0.0599. The van der Waals surface area contributed by atoms with E-state index in [1.54, 1.807) is 37.4 Å². The third-order valence-corrected chi connectivity index (χ3v) is 5.21. The molecule has 4 N–H and O–H groups in total. The summed E-state index contributed by atoms with van der Waals surface area (Å²) >= 11 is 0. The molecule has 0 aliphatic carbocycles. The van der Waals surface area contributed by atoms with Crippen molar-refractivity contribution < 1.29 is 13.2 Å². The Morgan fingerprint density at radius 3 is 2.43 bits per heavy atom. The molecule has 2 aromatic carbocycles. The van der Waals surface area contributed by atoms with Crippen LogP contribution in [0.4, 0.5) is 23.1 Å². The lowest BCUT2D eigenvalue weighted by Gasteiger charge is -2.13. The van der Waals surface area contributed by atoms with Crippen molar-refractivity contribution in [2.24, 2.45) is 5.14 Å². The zero-order valence-corrected chi connectivity index (χ0v) is 17.3. The topological polar surface area (TPSA) is 119 Å². The number of terminal acetylenes is 1. The maximum Gasteiger partial charge on any atom is 0.238 e. The first kappa shape index (κ1) is 21.1. The second-order valence-electron chi connectivity index (χ2n) is 6.52. The van der Waals surface area contributed by atoms with Gasteiger partial charge in [-0.15, -0.1) is 6.42 Å². The van der Waals surface area contributed by atoms with Crippen LogP contribution in [0.5, 0.6) is 5.75 Å². The molecule has 0 saturated carbocycles. The van der Waals surface area contributed by atoms with E-state index in [-0.39, 0.29) is 11.5 Å². The van der Waals surface area contributed by atoms with Crippen LogP contribution in [0.1, 0.15) is 11.1 Å². The van der Waals surface area contributed by atoms with Crippen molar-refractivity contribution in [1.29, 1.82) is 0 Å². The van der Waals surface area contributed by atoms with Crippen LogP contribution in [0.2, 0.25) is 0 Å².